The second-order valence-electron chi connectivity index (χ2n) is 5.29. The maximum absolute atomic E-state index is 5.78. The lowest BCUT2D eigenvalue weighted by Crippen LogP contribution is -2.07. The van der Waals surface area contributed by atoms with Crippen molar-refractivity contribution in [1.29, 1.82) is 0 Å². The van der Waals surface area contributed by atoms with Gasteiger partial charge in [-0.1, -0.05) is 6.92 Å². The summed E-state index contributed by atoms with van der Waals surface area (Å²) < 4.78 is 0. The average molecular weight is 313 g/mol. The van der Waals surface area contributed by atoms with Crippen LogP contribution in [0, 0.1) is 13.8 Å². The first-order chi connectivity index (χ1) is 10.6. The van der Waals surface area contributed by atoms with Crippen LogP contribution in [0.3, 0.4) is 0 Å². The molecule has 114 valence electrons. The molecule has 3 aromatic rings. The van der Waals surface area contributed by atoms with Gasteiger partial charge in [0.05, 0.1) is 5.39 Å². The van der Waals surface area contributed by atoms with Gasteiger partial charge in [-0.15, -0.1) is 11.3 Å². The minimum atomic E-state index is 0.564. The van der Waals surface area contributed by atoms with Crippen molar-refractivity contribution in [2.45, 2.75) is 33.7 Å². The quantitative estimate of drug-likeness (QED) is 0.771. The molecule has 0 unspecified atom stereocenters. The van der Waals surface area contributed by atoms with Crippen molar-refractivity contribution in [2.75, 3.05) is 11.1 Å². The summed E-state index contributed by atoms with van der Waals surface area (Å²) in [6, 6.07) is 4.07. The summed E-state index contributed by atoms with van der Waals surface area (Å²) in [5.41, 5.74) is 9.03. The minimum Gasteiger partial charge on any atom is -0.384 e. The van der Waals surface area contributed by atoms with Gasteiger partial charge in [-0.2, -0.15) is 0 Å². The number of fused-ring (bicyclic) bond motifs is 1. The van der Waals surface area contributed by atoms with Crippen LogP contribution in [0.4, 0.5) is 11.6 Å². The van der Waals surface area contributed by atoms with Gasteiger partial charge in [-0.05, 0) is 43.5 Å². The molecule has 0 aliphatic carbocycles. The average Bonchev–Trinajstić information content (AvgIpc) is 2.90. The van der Waals surface area contributed by atoms with Crippen LogP contribution in [0.2, 0.25) is 0 Å². The van der Waals surface area contributed by atoms with Crippen LogP contribution in [0.25, 0.3) is 10.2 Å². The Hall–Kier alpha value is -2.21. The third-order valence-corrected chi connectivity index (χ3v) is 4.92. The lowest BCUT2D eigenvalue weighted by molar-refractivity contribution is 1.02. The maximum Gasteiger partial charge on any atom is 0.138 e. The van der Waals surface area contributed by atoms with Gasteiger partial charge in [0.25, 0.3) is 0 Å². The summed E-state index contributed by atoms with van der Waals surface area (Å²) >= 11 is 1.72. The van der Waals surface area contributed by atoms with Crippen LogP contribution in [-0.4, -0.2) is 15.0 Å². The van der Waals surface area contributed by atoms with Crippen LogP contribution in [-0.2, 0) is 13.0 Å². The molecule has 6 heteroatoms. The number of pyridine rings is 1. The second kappa shape index (κ2) is 5.88. The van der Waals surface area contributed by atoms with E-state index in [4.69, 9.17) is 5.73 Å². The van der Waals surface area contributed by atoms with Crippen molar-refractivity contribution in [2.24, 2.45) is 0 Å². The number of thiophene rings is 1. The standard InChI is InChI=1S/C16H19N5S/c1-4-11-6-12-15(19-8-20-16(12)22-11)18-7-13-9(2)5-14(17)21-10(13)3/h5-6,8H,4,7H2,1-3H3,(H2,17,21)(H,18,19,20). The summed E-state index contributed by atoms with van der Waals surface area (Å²) in [4.78, 5) is 15.4. The number of nitrogen functional groups attached to an aromatic ring is 1. The van der Waals surface area contributed by atoms with Crippen LogP contribution in [0.15, 0.2) is 18.5 Å². The molecule has 0 aliphatic heterocycles. The molecule has 0 aliphatic rings. The highest BCUT2D eigenvalue weighted by Crippen LogP contribution is 2.29. The first-order valence-electron chi connectivity index (χ1n) is 7.28. The minimum absolute atomic E-state index is 0.564. The van der Waals surface area contributed by atoms with Gasteiger partial charge >= 0.3 is 0 Å². The van der Waals surface area contributed by atoms with Crippen LogP contribution >= 0.6 is 11.3 Å². The van der Waals surface area contributed by atoms with E-state index in [1.165, 1.54) is 4.88 Å². The Balaban J connectivity index is 1.90. The number of hydrogen-bond acceptors (Lipinski definition) is 6. The van der Waals surface area contributed by atoms with Gasteiger partial charge in [0.1, 0.15) is 22.8 Å². The number of nitrogens with two attached hydrogens (primary N) is 1. The highest BCUT2D eigenvalue weighted by molar-refractivity contribution is 7.18. The Morgan fingerprint density at radius 3 is 2.77 bits per heavy atom. The topological polar surface area (TPSA) is 76.7 Å². The monoisotopic (exact) mass is 313 g/mol. The fourth-order valence-electron chi connectivity index (χ4n) is 2.55. The lowest BCUT2D eigenvalue weighted by Gasteiger charge is -2.12. The van der Waals surface area contributed by atoms with Crippen molar-refractivity contribution in [1.82, 2.24) is 15.0 Å². The molecule has 0 aromatic carbocycles. The molecular weight excluding hydrogens is 294 g/mol. The summed E-state index contributed by atoms with van der Waals surface area (Å²) in [5.74, 6) is 1.44. The van der Waals surface area contributed by atoms with Crippen molar-refractivity contribution in [3.05, 3.63) is 40.2 Å². The van der Waals surface area contributed by atoms with Gasteiger partial charge in [-0.25, -0.2) is 15.0 Å². The maximum atomic E-state index is 5.78. The summed E-state index contributed by atoms with van der Waals surface area (Å²) in [6.45, 7) is 6.86. The number of rotatable bonds is 4. The fraction of sp³-hybridized carbons (Fsp3) is 0.312. The van der Waals surface area contributed by atoms with E-state index >= 15 is 0 Å². The van der Waals surface area contributed by atoms with Crippen molar-refractivity contribution >= 4 is 33.2 Å². The molecule has 0 fully saturated rings. The molecule has 0 amide bonds. The first kappa shape index (κ1) is 14.7. The number of hydrogen-bond donors (Lipinski definition) is 2. The number of anilines is 2. The zero-order valence-corrected chi connectivity index (χ0v) is 13.8. The summed E-state index contributed by atoms with van der Waals surface area (Å²) in [5, 5.41) is 4.50. The number of nitrogens with one attached hydrogen (secondary N) is 1. The van der Waals surface area contributed by atoms with Crippen molar-refractivity contribution in [3.63, 3.8) is 0 Å². The smallest absolute Gasteiger partial charge is 0.138 e. The highest BCUT2D eigenvalue weighted by Gasteiger charge is 2.10. The molecule has 3 rings (SSSR count). The Morgan fingerprint density at radius 1 is 1.23 bits per heavy atom. The van der Waals surface area contributed by atoms with E-state index in [9.17, 15) is 0 Å². The van der Waals surface area contributed by atoms with E-state index in [1.54, 1.807) is 17.7 Å². The van der Waals surface area contributed by atoms with Gasteiger partial charge in [0.15, 0.2) is 0 Å². The van der Waals surface area contributed by atoms with Crippen molar-refractivity contribution in [3.8, 4) is 0 Å². The number of aromatic nitrogens is 3. The Morgan fingerprint density at radius 2 is 2.05 bits per heavy atom. The number of nitrogens with zero attached hydrogens (tertiary/aromatic N) is 3. The Bertz CT molecular complexity index is 802. The molecular formula is C16H19N5S. The number of aryl methyl sites for hydroxylation is 3. The van der Waals surface area contributed by atoms with E-state index in [2.05, 4.69) is 40.2 Å². The summed E-state index contributed by atoms with van der Waals surface area (Å²) in [7, 11) is 0. The zero-order valence-electron chi connectivity index (χ0n) is 13.0. The molecule has 3 aromatic heterocycles. The molecule has 0 saturated carbocycles. The highest BCUT2D eigenvalue weighted by atomic mass is 32.1. The molecule has 0 atom stereocenters. The molecule has 0 bridgehead atoms. The Labute approximate surface area is 133 Å². The van der Waals surface area contributed by atoms with Gasteiger partial charge < -0.3 is 11.1 Å². The zero-order chi connectivity index (χ0) is 15.7. The van der Waals surface area contributed by atoms with Crippen LogP contribution in [0.1, 0.15) is 28.6 Å². The molecule has 22 heavy (non-hydrogen) atoms. The van der Waals surface area contributed by atoms with E-state index in [-0.39, 0.29) is 0 Å². The molecule has 3 N–H and O–H groups in total. The molecule has 0 radical (unpaired) electrons. The van der Waals surface area contributed by atoms with Gasteiger partial charge in [0, 0.05) is 17.1 Å². The van der Waals surface area contributed by atoms with Gasteiger partial charge in [0.2, 0.25) is 0 Å². The SMILES string of the molecule is CCc1cc2c(NCc3c(C)cc(N)nc3C)ncnc2s1. The van der Waals surface area contributed by atoms with Gasteiger partial charge in [-0.3, -0.25) is 0 Å². The van der Waals surface area contributed by atoms with E-state index in [0.29, 0.717) is 12.4 Å². The third kappa shape index (κ3) is 2.74. The molecule has 0 spiro atoms. The van der Waals surface area contributed by atoms with E-state index in [0.717, 1.165) is 39.3 Å². The predicted octanol–water partition coefficient (Wildman–Crippen LogP) is 3.46. The molecule has 5 nitrogen and oxygen atoms in total. The lowest BCUT2D eigenvalue weighted by atomic mass is 10.1. The third-order valence-electron chi connectivity index (χ3n) is 3.74. The van der Waals surface area contributed by atoms with E-state index in [1.807, 2.05) is 13.0 Å². The normalized spacial score (nSPS) is 11.0. The van der Waals surface area contributed by atoms with Crippen LogP contribution < -0.4 is 11.1 Å². The van der Waals surface area contributed by atoms with Crippen LogP contribution in [0.5, 0.6) is 0 Å². The second-order valence-corrected chi connectivity index (χ2v) is 6.40. The molecule has 0 saturated heterocycles. The van der Waals surface area contributed by atoms with E-state index < -0.39 is 0 Å². The van der Waals surface area contributed by atoms with Crippen molar-refractivity contribution < 1.29 is 0 Å². The molecule has 3 heterocycles. The Kier molecular flexibility index (Phi) is 3.94. The largest absolute Gasteiger partial charge is 0.384 e. The first-order valence-corrected chi connectivity index (χ1v) is 8.10. The summed E-state index contributed by atoms with van der Waals surface area (Å²) in [6.07, 6.45) is 2.63. The fourth-order valence-corrected chi connectivity index (χ4v) is 3.48. The predicted molar refractivity (Wildman–Crippen MR) is 92.2 cm³/mol.